The predicted molar refractivity (Wildman–Crippen MR) is 70.0 cm³/mol. The number of nitrogens with zero attached hydrogens (tertiary/aromatic N) is 2. The van der Waals surface area contributed by atoms with E-state index in [4.69, 9.17) is 4.74 Å². The second kappa shape index (κ2) is 5.30. The van der Waals surface area contributed by atoms with Gasteiger partial charge in [-0.25, -0.2) is 14.3 Å². The van der Waals surface area contributed by atoms with E-state index in [1.165, 1.54) is 6.33 Å². The Morgan fingerprint density at radius 2 is 1.95 bits per heavy atom. The van der Waals surface area contributed by atoms with Crippen LogP contribution >= 0.6 is 0 Å². The molecule has 1 aliphatic heterocycles. The van der Waals surface area contributed by atoms with E-state index in [1.807, 2.05) is 4.98 Å². The van der Waals surface area contributed by atoms with Gasteiger partial charge in [0.1, 0.15) is 29.9 Å². The number of imidazole rings is 1. The van der Waals surface area contributed by atoms with Gasteiger partial charge >= 0.3 is 5.69 Å². The second-order valence-electron chi connectivity index (χ2n) is 4.95. The van der Waals surface area contributed by atoms with Crippen molar-refractivity contribution in [3.05, 3.63) is 27.2 Å². The summed E-state index contributed by atoms with van der Waals surface area (Å²) < 4.78 is 6.13. The minimum atomic E-state index is -1.67. The summed E-state index contributed by atoms with van der Waals surface area (Å²) in [5.41, 5.74) is -1.71. The van der Waals surface area contributed by atoms with Gasteiger partial charge < -0.3 is 30.1 Å². The fourth-order valence-electron chi connectivity index (χ4n) is 2.48. The van der Waals surface area contributed by atoms with Crippen molar-refractivity contribution in [2.45, 2.75) is 30.6 Å². The zero-order chi connectivity index (χ0) is 16.0. The topological polar surface area (TPSA) is 174 Å². The zero-order valence-electron chi connectivity index (χ0n) is 11.1. The molecular formula is C11H14N4O7. The molecule has 1 saturated heterocycles. The fourth-order valence-corrected chi connectivity index (χ4v) is 2.48. The third kappa shape index (κ3) is 2.07. The lowest BCUT2D eigenvalue weighted by molar-refractivity contribution is -0.251. The number of fused-ring (bicyclic) bond motifs is 1. The summed E-state index contributed by atoms with van der Waals surface area (Å²) in [7, 11) is 0. The summed E-state index contributed by atoms with van der Waals surface area (Å²) >= 11 is 0. The lowest BCUT2D eigenvalue weighted by Gasteiger charge is -2.40. The Morgan fingerprint density at radius 3 is 2.64 bits per heavy atom. The smallest absolute Gasteiger partial charge is 0.332 e. The van der Waals surface area contributed by atoms with E-state index in [9.17, 15) is 30.0 Å². The van der Waals surface area contributed by atoms with Gasteiger partial charge in [-0.3, -0.25) is 9.78 Å². The average Bonchev–Trinajstić information content (AvgIpc) is 2.96. The number of aliphatic hydroxyl groups excluding tert-OH is 4. The van der Waals surface area contributed by atoms with Crippen molar-refractivity contribution in [3.8, 4) is 0 Å². The van der Waals surface area contributed by atoms with Crippen LogP contribution in [-0.2, 0) is 4.74 Å². The number of H-pyrrole nitrogens is 2. The maximum atomic E-state index is 12.0. The first kappa shape index (κ1) is 14.9. The van der Waals surface area contributed by atoms with Gasteiger partial charge in [0.2, 0.25) is 0 Å². The largest absolute Gasteiger partial charge is 0.394 e. The lowest BCUT2D eigenvalue weighted by atomic mass is 9.98. The van der Waals surface area contributed by atoms with E-state index in [2.05, 4.69) is 9.97 Å². The highest BCUT2D eigenvalue weighted by Gasteiger charge is 2.45. The number of hydrogen-bond acceptors (Lipinski definition) is 8. The van der Waals surface area contributed by atoms with Crippen LogP contribution in [0.2, 0.25) is 0 Å². The van der Waals surface area contributed by atoms with E-state index in [-0.39, 0.29) is 11.2 Å². The van der Waals surface area contributed by atoms with Gasteiger partial charge in [0.25, 0.3) is 5.56 Å². The summed E-state index contributed by atoms with van der Waals surface area (Å²) in [5, 5.41) is 38.8. The standard InChI is InChI=1S/C11H14N4O7/c16-1-3-5(17)6(18)7(19)10(22-3)15-8-4(12-2-13-8)9(20)14-11(15)21/h2-3,5-7,10,16-19H,1H2,(H,12,13)(H,14,20,21)/t3-,5-,6+,7-,10-/m1/s1. The summed E-state index contributed by atoms with van der Waals surface area (Å²) in [4.78, 5) is 32.1. The van der Waals surface area contributed by atoms with Crippen molar-refractivity contribution in [1.29, 1.82) is 0 Å². The second-order valence-corrected chi connectivity index (χ2v) is 4.95. The van der Waals surface area contributed by atoms with Crippen LogP contribution in [-0.4, -0.2) is 71.0 Å². The number of ether oxygens (including phenoxy) is 1. The normalized spacial score (nSPS) is 32.5. The van der Waals surface area contributed by atoms with Crippen LogP contribution < -0.4 is 11.2 Å². The quantitative estimate of drug-likeness (QED) is 0.329. The first-order chi connectivity index (χ1) is 10.5. The molecule has 0 spiro atoms. The van der Waals surface area contributed by atoms with Crippen molar-refractivity contribution in [2.24, 2.45) is 0 Å². The molecule has 3 rings (SSSR count). The number of hydrogen-bond donors (Lipinski definition) is 6. The van der Waals surface area contributed by atoms with Gasteiger partial charge in [0.15, 0.2) is 11.9 Å². The molecule has 22 heavy (non-hydrogen) atoms. The van der Waals surface area contributed by atoms with Gasteiger partial charge in [-0.15, -0.1) is 0 Å². The van der Waals surface area contributed by atoms with E-state index < -0.39 is 48.5 Å². The molecule has 2 aromatic heterocycles. The molecule has 0 radical (unpaired) electrons. The molecule has 0 bridgehead atoms. The highest BCUT2D eigenvalue weighted by Crippen LogP contribution is 2.28. The van der Waals surface area contributed by atoms with Crippen LogP contribution in [0.1, 0.15) is 6.23 Å². The Labute approximate surface area is 121 Å². The lowest BCUT2D eigenvalue weighted by Crippen LogP contribution is -2.58. The fraction of sp³-hybridized carbons (Fsp3) is 0.545. The molecule has 5 atom stereocenters. The van der Waals surface area contributed by atoms with E-state index in [0.29, 0.717) is 0 Å². The van der Waals surface area contributed by atoms with Crippen LogP contribution in [0.4, 0.5) is 0 Å². The SMILES string of the molecule is O=c1[nH]c(=O)n([C@@H]2O[C@H](CO)[C@@H](O)[C@H](O)[C@H]2O)c2nc[nH]c12. The summed E-state index contributed by atoms with van der Waals surface area (Å²) in [6, 6.07) is 0. The van der Waals surface area contributed by atoms with Crippen LogP contribution in [0.5, 0.6) is 0 Å². The molecular weight excluding hydrogens is 300 g/mol. The van der Waals surface area contributed by atoms with Gasteiger partial charge in [0.05, 0.1) is 12.9 Å². The Morgan fingerprint density at radius 1 is 1.23 bits per heavy atom. The molecule has 1 fully saturated rings. The third-order valence-electron chi connectivity index (χ3n) is 3.64. The Bertz CT molecular complexity index is 794. The molecule has 11 nitrogen and oxygen atoms in total. The molecule has 3 heterocycles. The van der Waals surface area contributed by atoms with Crippen molar-refractivity contribution >= 4 is 11.2 Å². The van der Waals surface area contributed by atoms with Crippen molar-refractivity contribution in [3.63, 3.8) is 0 Å². The van der Waals surface area contributed by atoms with E-state index >= 15 is 0 Å². The van der Waals surface area contributed by atoms with Crippen LogP contribution in [0, 0.1) is 0 Å². The molecule has 1 aliphatic rings. The molecule has 0 unspecified atom stereocenters. The maximum absolute atomic E-state index is 12.0. The van der Waals surface area contributed by atoms with Gasteiger partial charge in [0, 0.05) is 0 Å². The molecule has 0 aromatic carbocycles. The van der Waals surface area contributed by atoms with E-state index in [0.717, 1.165) is 4.57 Å². The van der Waals surface area contributed by atoms with Crippen molar-refractivity contribution in [1.82, 2.24) is 19.5 Å². The van der Waals surface area contributed by atoms with Gasteiger partial charge in [-0.2, -0.15) is 0 Å². The molecule has 11 heteroatoms. The summed E-state index contributed by atoms with van der Waals surface area (Å²) in [6.45, 7) is -0.636. The molecule has 0 saturated carbocycles. The summed E-state index contributed by atoms with van der Waals surface area (Å²) in [6.07, 6.45) is -6.31. The minimum Gasteiger partial charge on any atom is -0.394 e. The number of aromatic amines is 2. The Kier molecular flexibility index (Phi) is 3.58. The van der Waals surface area contributed by atoms with E-state index in [1.54, 1.807) is 0 Å². The van der Waals surface area contributed by atoms with Crippen LogP contribution in [0.15, 0.2) is 15.9 Å². The first-order valence-electron chi connectivity index (χ1n) is 6.44. The molecule has 120 valence electrons. The Balaban J connectivity index is 2.16. The molecule has 0 amide bonds. The Hall–Kier alpha value is -2.05. The number of aliphatic hydroxyl groups is 4. The molecule has 0 aliphatic carbocycles. The average molecular weight is 314 g/mol. The first-order valence-corrected chi connectivity index (χ1v) is 6.44. The predicted octanol–water partition coefficient (Wildman–Crippen LogP) is -3.61. The van der Waals surface area contributed by atoms with Gasteiger partial charge in [-0.1, -0.05) is 0 Å². The monoisotopic (exact) mass is 314 g/mol. The highest BCUT2D eigenvalue weighted by atomic mass is 16.6. The highest BCUT2D eigenvalue weighted by molar-refractivity contribution is 5.68. The number of nitrogens with one attached hydrogen (secondary N) is 2. The van der Waals surface area contributed by atoms with Crippen molar-refractivity contribution in [2.75, 3.05) is 6.61 Å². The third-order valence-corrected chi connectivity index (χ3v) is 3.64. The van der Waals surface area contributed by atoms with Crippen LogP contribution in [0.3, 0.4) is 0 Å². The van der Waals surface area contributed by atoms with Crippen LogP contribution in [0.25, 0.3) is 11.2 Å². The zero-order valence-corrected chi connectivity index (χ0v) is 11.1. The van der Waals surface area contributed by atoms with Gasteiger partial charge in [-0.05, 0) is 0 Å². The molecule has 2 aromatic rings. The number of rotatable bonds is 2. The minimum absolute atomic E-state index is 0.0171. The summed E-state index contributed by atoms with van der Waals surface area (Å²) in [5.74, 6) is 0. The molecule has 6 N–H and O–H groups in total. The van der Waals surface area contributed by atoms with Crippen molar-refractivity contribution < 1.29 is 25.2 Å². The number of aromatic nitrogens is 4. The maximum Gasteiger partial charge on any atom is 0.332 e.